The average Bonchev–Trinajstić information content (AvgIpc) is 2.97. The van der Waals surface area contributed by atoms with E-state index in [1.165, 1.54) is 12.4 Å². The maximum atomic E-state index is 10.7. The second-order valence-electron chi connectivity index (χ2n) is 3.43. The zero-order valence-corrected chi connectivity index (χ0v) is 8.54. The van der Waals surface area contributed by atoms with Crippen LogP contribution in [0.1, 0.15) is 10.6 Å². The van der Waals surface area contributed by atoms with Crippen molar-refractivity contribution in [3.05, 3.63) is 36.5 Å². The Bertz CT molecular complexity index is 699. The summed E-state index contributed by atoms with van der Waals surface area (Å²) in [6.07, 6.45) is 3.14. The summed E-state index contributed by atoms with van der Waals surface area (Å²) in [5, 5.41) is 9.58. The summed E-state index contributed by atoms with van der Waals surface area (Å²) < 4.78 is 5.20. The summed E-state index contributed by atoms with van der Waals surface area (Å²) >= 11 is 0. The number of carboxylic acids is 1. The number of rotatable bonds is 2. The standard InChI is InChI=1S/C11H7N3O3/c15-11(16)8-2-1-7(17-8)9-6-3-4-12-10(6)14-5-13-9/h1-5H,(H,15,16)(H,12,13,14). The van der Waals surface area contributed by atoms with Gasteiger partial charge in [-0.15, -0.1) is 0 Å². The van der Waals surface area contributed by atoms with E-state index in [1.54, 1.807) is 12.3 Å². The van der Waals surface area contributed by atoms with Crippen molar-refractivity contribution in [2.45, 2.75) is 0 Å². The maximum absolute atomic E-state index is 10.7. The number of hydrogen-bond donors (Lipinski definition) is 2. The first-order chi connectivity index (χ1) is 8.25. The van der Waals surface area contributed by atoms with Gasteiger partial charge in [0.25, 0.3) is 0 Å². The van der Waals surface area contributed by atoms with Gasteiger partial charge in [0, 0.05) is 11.6 Å². The van der Waals surface area contributed by atoms with Crippen LogP contribution in [0, 0.1) is 0 Å². The topological polar surface area (TPSA) is 92.0 Å². The molecule has 6 heteroatoms. The molecule has 3 rings (SSSR count). The second-order valence-corrected chi connectivity index (χ2v) is 3.43. The normalized spacial score (nSPS) is 10.8. The van der Waals surface area contributed by atoms with Crippen LogP contribution in [-0.4, -0.2) is 26.0 Å². The number of carboxylic acid groups (broad SMARTS) is 1. The highest BCUT2D eigenvalue weighted by atomic mass is 16.4. The summed E-state index contributed by atoms with van der Waals surface area (Å²) in [4.78, 5) is 21.8. The van der Waals surface area contributed by atoms with Gasteiger partial charge in [0.05, 0.1) is 0 Å². The van der Waals surface area contributed by atoms with Crippen LogP contribution >= 0.6 is 0 Å². The molecule has 0 radical (unpaired) electrons. The van der Waals surface area contributed by atoms with Crippen LogP contribution < -0.4 is 0 Å². The van der Waals surface area contributed by atoms with Gasteiger partial charge in [0.15, 0.2) is 5.76 Å². The molecule has 0 saturated heterocycles. The molecule has 2 N–H and O–H groups in total. The minimum Gasteiger partial charge on any atom is -0.475 e. The van der Waals surface area contributed by atoms with Gasteiger partial charge in [0.2, 0.25) is 5.76 Å². The molecule has 0 fully saturated rings. The number of H-pyrrole nitrogens is 1. The fourth-order valence-corrected chi connectivity index (χ4v) is 1.65. The lowest BCUT2D eigenvalue weighted by molar-refractivity contribution is 0.0663. The van der Waals surface area contributed by atoms with Crippen molar-refractivity contribution in [3.63, 3.8) is 0 Å². The van der Waals surface area contributed by atoms with Gasteiger partial charge >= 0.3 is 5.97 Å². The van der Waals surface area contributed by atoms with Gasteiger partial charge in [-0.3, -0.25) is 0 Å². The molecule has 0 aliphatic carbocycles. The van der Waals surface area contributed by atoms with Gasteiger partial charge in [-0.05, 0) is 18.2 Å². The van der Waals surface area contributed by atoms with E-state index in [4.69, 9.17) is 9.52 Å². The van der Waals surface area contributed by atoms with Gasteiger partial charge in [-0.25, -0.2) is 14.8 Å². The Morgan fingerprint density at radius 3 is 2.94 bits per heavy atom. The van der Waals surface area contributed by atoms with Crippen molar-refractivity contribution in [3.8, 4) is 11.5 Å². The highest BCUT2D eigenvalue weighted by Gasteiger charge is 2.14. The Hall–Kier alpha value is -2.63. The van der Waals surface area contributed by atoms with Crippen LogP contribution in [0.3, 0.4) is 0 Å². The Kier molecular flexibility index (Phi) is 1.94. The smallest absolute Gasteiger partial charge is 0.371 e. The largest absolute Gasteiger partial charge is 0.475 e. The van der Waals surface area contributed by atoms with Crippen LogP contribution in [0.2, 0.25) is 0 Å². The Morgan fingerprint density at radius 1 is 1.29 bits per heavy atom. The lowest BCUT2D eigenvalue weighted by atomic mass is 10.2. The molecular weight excluding hydrogens is 222 g/mol. The minimum atomic E-state index is -1.10. The zero-order valence-electron chi connectivity index (χ0n) is 8.54. The van der Waals surface area contributed by atoms with Crippen LogP contribution in [0.15, 0.2) is 35.1 Å². The third kappa shape index (κ3) is 1.46. The van der Waals surface area contributed by atoms with Crippen molar-refractivity contribution in [1.82, 2.24) is 15.0 Å². The van der Waals surface area contributed by atoms with Crippen LogP contribution in [0.4, 0.5) is 0 Å². The SMILES string of the molecule is O=C(O)c1ccc(-c2ncnc3[nH]ccc23)o1. The zero-order chi connectivity index (χ0) is 11.8. The van der Waals surface area contributed by atoms with Crippen LogP contribution in [0.25, 0.3) is 22.5 Å². The summed E-state index contributed by atoms with van der Waals surface area (Å²) in [7, 11) is 0. The quantitative estimate of drug-likeness (QED) is 0.700. The van der Waals surface area contributed by atoms with E-state index >= 15 is 0 Å². The monoisotopic (exact) mass is 229 g/mol. The second kappa shape index (κ2) is 3.44. The molecule has 0 atom stereocenters. The maximum Gasteiger partial charge on any atom is 0.371 e. The van der Waals surface area contributed by atoms with E-state index in [2.05, 4.69) is 15.0 Å². The lowest BCUT2D eigenvalue weighted by Crippen LogP contribution is -1.91. The number of aromatic carboxylic acids is 1. The molecular formula is C11H7N3O3. The third-order valence-electron chi connectivity index (χ3n) is 2.40. The Morgan fingerprint density at radius 2 is 2.18 bits per heavy atom. The van der Waals surface area contributed by atoms with Crippen LogP contribution in [-0.2, 0) is 0 Å². The highest BCUT2D eigenvalue weighted by Crippen LogP contribution is 2.26. The molecule has 3 aromatic heterocycles. The molecule has 3 heterocycles. The fourth-order valence-electron chi connectivity index (χ4n) is 1.65. The highest BCUT2D eigenvalue weighted by molar-refractivity contribution is 5.90. The molecule has 0 amide bonds. The fraction of sp³-hybridized carbons (Fsp3) is 0. The molecule has 0 aliphatic rings. The molecule has 0 aromatic carbocycles. The Balaban J connectivity index is 2.19. The molecule has 0 unspecified atom stereocenters. The van der Waals surface area contributed by atoms with Crippen molar-refractivity contribution in [2.75, 3.05) is 0 Å². The van der Waals surface area contributed by atoms with E-state index in [9.17, 15) is 4.79 Å². The van der Waals surface area contributed by atoms with Gasteiger partial charge in [-0.2, -0.15) is 0 Å². The van der Waals surface area contributed by atoms with Crippen molar-refractivity contribution >= 4 is 17.0 Å². The number of aromatic amines is 1. The molecule has 0 spiro atoms. The molecule has 0 bridgehead atoms. The first-order valence-electron chi connectivity index (χ1n) is 4.87. The van der Waals surface area contributed by atoms with Gasteiger partial charge in [0.1, 0.15) is 17.7 Å². The number of furan rings is 1. The molecule has 84 valence electrons. The number of fused-ring (bicyclic) bond motifs is 1. The lowest BCUT2D eigenvalue weighted by Gasteiger charge is -1.97. The number of aromatic nitrogens is 3. The average molecular weight is 229 g/mol. The minimum absolute atomic E-state index is 0.109. The molecule has 0 saturated carbocycles. The number of hydrogen-bond acceptors (Lipinski definition) is 4. The molecule has 6 nitrogen and oxygen atoms in total. The van der Waals surface area contributed by atoms with E-state index < -0.39 is 5.97 Å². The first-order valence-corrected chi connectivity index (χ1v) is 4.87. The van der Waals surface area contributed by atoms with Gasteiger partial charge in [-0.1, -0.05) is 0 Å². The number of nitrogens with zero attached hydrogens (tertiary/aromatic N) is 2. The van der Waals surface area contributed by atoms with Crippen molar-refractivity contribution in [1.29, 1.82) is 0 Å². The molecule has 0 aliphatic heterocycles. The van der Waals surface area contributed by atoms with Crippen LogP contribution in [0.5, 0.6) is 0 Å². The summed E-state index contributed by atoms with van der Waals surface area (Å²) in [5.74, 6) is -0.799. The summed E-state index contributed by atoms with van der Waals surface area (Å²) in [5.41, 5.74) is 1.26. The van der Waals surface area contributed by atoms with Gasteiger partial charge < -0.3 is 14.5 Å². The summed E-state index contributed by atoms with van der Waals surface area (Å²) in [6, 6.07) is 4.80. The van der Waals surface area contributed by atoms with E-state index in [1.807, 2.05) is 6.07 Å². The molecule has 17 heavy (non-hydrogen) atoms. The Labute approximate surface area is 94.9 Å². The number of carbonyl (C=O) groups is 1. The predicted molar refractivity (Wildman–Crippen MR) is 58.6 cm³/mol. The number of nitrogens with one attached hydrogen (secondary N) is 1. The molecule has 3 aromatic rings. The van der Waals surface area contributed by atoms with E-state index in [0.717, 1.165) is 5.39 Å². The predicted octanol–water partition coefficient (Wildman–Crippen LogP) is 1.92. The van der Waals surface area contributed by atoms with Crippen molar-refractivity contribution < 1.29 is 14.3 Å². The first kappa shape index (κ1) is 9.59. The summed E-state index contributed by atoms with van der Waals surface area (Å²) in [6.45, 7) is 0. The van der Waals surface area contributed by atoms with E-state index in [0.29, 0.717) is 17.1 Å². The van der Waals surface area contributed by atoms with Crippen molar-refractivity contribution in [2.24, 2.45) is 0 Å². The third-order valence-corrected chi connectivity index (χ3v) is 2.40. The van der Waals surface area contributed by atoms with E-state index in [-0.39, 0.29) is 5.76 Å².